The lowest BCUT2D eigenvalue weighted by Gasteiger charge is -2.08. The quantitative estimate of drug-likeness (QED) is 0.797. The predicted molar refractivity (Wildman–Crippen MR) is 80.5 cm³/mol. The number of para-hydroxylation sites is 1. The first-order chi connectivity index (χ1) is 9.56. The van der Waals surface area contributed by atoms with Crippen LogP contribution >= 0.6 is 15.9 Å². The van der Waals surface area contributed by atoms with E-state index < -0.39 is 6.10 Å². The SMILES string of the molecule is Cc1nn(C)c(CC(O)c2cc3ccccc3o2)c1Br. The fraction of sp³-hybridized carbons (Fsp3) is 0.267. The smallest absolute Gasteiger partial charge is 0.134 e. The van der Waals surface area contributed by atoms with E-state index in [0.29, 0.717) is 12.2 Å². The molecule has 1 atom stereocenters. The highest BCUT2D eigenvalue weighted by Crippen LogP contribution is 2.29. The highest BCUT2D eigenvalue weighted by atomic mass is 79.9. The Morgan fingerprint density at radius 2 is 2.15 bits per heavy atom. The van der Waals surface area contributed by atoms with Gasteiger partial charge in [-0.3, -0.25) is 4.68 Å². The van der Waals surface area contributed by atoms with Gasteiger partial charge in [-0.1, -0.05) is 18.2 Å². The molecule has 104 valence electrons. The Kier molecular flexibility index (Phi) is 3.40. The van der Waals surface area contributed by atoms with Crippen LogP contribution in [-0.2, 0) is 13.5 Å². The Labute approximate surface area is 125 Å². The van der Waals surface area contributed by atoms with Crippen molar-refractivity contribution in [2.45, 2.75) is 19.4 Å². The first-order valence-electron chi connectivity index (χ1n) is 6.41. The van der Waals surface area contributed by atoms with Crippen LogP contribution in [0.25, 0.3) is 11.0 Å². The van der Waals surface area contributed by atoms with Crippen molar-refractivity contribution in [1.82, 2.24) is 9.78 Å². The lowest BCUT2D eigenvalue weighted by atomic mass is 10.1. The summed E-state index contributed by atoms with van der Waals surface area (Å²) in [6.07, 6.45) is -0.230. The maximum absolute atomic E-state index is 10.4. The molecule has 0 spiro atoms. The molecule has 0 radical (unpaired) electrons. The van der Waals surface area contributed by atoms with Crippen molar-refractivity contribution in [3.63, 3.8) is 0 Å². The van der Waals surface area contributed by atoms with Crippen LogP contribution in [0, 0.1) is 6.92 Å². The maximum atomic E-state index is 10.4. The molecule has 0 saturated heterocycles. The summed E-state index contributed by atoms with van der Waals surface area (Å²) in [7, 11) is 1.87. The first kappa shape index (κ1) is 13.4. The van der Waals surface area contributed by atoms with Gasteiger partial charge in [0.05, 0.1) is 15.9 Å². The summed E-state index contributed by atoms with van der Waals surface area (Å²) in [6.45, 7) is 1.93. The van der Waals surface area contributed by atoms with Gasteiger partial charge >= 0.3 is 0 Å². The summed E-state index contributed by atoms with van der Waals surface area (Å²) in [5, 5.41) is 15.7. The van der Waals surface area contributed by atoms with Crippen LogP contribution in [-0.4, -0.2) is 14.9 Å². The summed E-state index contributed by atoms with van der Waals surface area (Å²) < 4.78 is 8.42. The number of aryl methyl sites for hydroxylation is 2. The van der Waals surface area contributed by atoms with Gasteiger partial charge in [-0.2, -0.15) is 5.10 Å². The van der Waals surface area contributed by atoms with E-state index in [1.54, 1.807) is 4.68 Å². The summed E-state index contributed by atoms with van der Waals surface area (Å²) in [5.74, 6) is 0.581. The number of furan rings is 1. The number of benzene rings is 1. The monoisotopic (exact) mass is 334 g/mol. The Morgan fingerprint density at radius 3 is 2.80 bits per heavy atom. The molecule has 20 heavy (non-hydrogen) atoms. The Hall–Kier alpha value is -1.59. The van der Waals surface area contributed by atoms with Crippen molar-refractivity contribution in [3.8, 4) is 0 Å². The number of rotatable bonds is 3. The fourth-order valence-electron chi connectivity index (χ4n) is 2.35. The number of aliphatic hydroxyl groups excluding tert-OH is 1. The van der Waals surface area contributed by atoms with E-state index in [1.807, 2.05) is 44.3 Å². The first-order valence-corrected chi connectivity index (χ1v) is 7.20. The molecular formula is C15H15BrN2O2. The van der Waals surface area contributed by atoms with Gasteiger partial charge in [-0.15, -0.1) is 0 Å². The number of hydrogen-bond donors (Lipinski definition) is 1. The van der Waals surface area contributed by atoms with Crippen molar-refractivity contribution in [3.05, 3.63) is 52.0 Å². The van der Waals surface area contributed by atoms with Gasteiger partial charge in [0, 0.05) is 18.9 Å². The summed E-state index contributed by atoms with van der Waals surface area (Å²) >= 11 is 3.51. The van der Waals surface area contributed by atoms with Crippen LogP contribution in [0.5, 0.6) is 0 Å². The third-order valence-electron chi connectivity index (χ3n) is 3.42. The highest BCUT2D eigenvalue weighted by molar-refractivity contribution is 9.10. The second kappa shape index (κ2) is 5.07. The average molecular weight is 335 g/mol. The summed E-state index contributed by atoms with van der Waals surface area (Å²) in [5.41, 5.74) is 2.66. The number of hydrogen-bond acceptors (Lipinski definition) is 3. The third-order valence-corrected chi connectivity index (χ3v) is 4.45. The molecule has 1 aromatic carbocycles. The molecule has 1 unspecified atom stereocenters. The van der Waals surface area contributed by atoms with E-state index in [2.05, 4.69) is 21.0 Å². The van der Waals surface area contributed by atoms with Crippen molar-refractivity contribution in [2.24, 2.45) is 7.05 Å². The van der Waals surface area contributed by atoms with Crippen LogP contribution in [0.1, 0.15) is 23.3 Å². The van der Waals surface area contributed by atoms with Crippen LogP contribution in [0.4, 0.5) is 0 Å². The molecule has 0 aliphatic rings. The van der Waals surface area contributed by atoms with Crippen molar-refractivity contribution in [1.29, 1.82) is 0 Å². The van der Waals surface area contributed by atoms with E-state index in [0.717, 1.165) is 26.8 Å². The van der Waals surface area contributed by atoms with Crippen molar-refractivity contribution < 1.29 is 9.52 Å². The topological polar surface area (TPSA) is 51.2 Å². The zero-order valence-corrected chi connectivity index (χ0v) is 12.9. The maximum Gasteiger partial charge on any atom is 0.134 e. The molecule has 2 heterocycles. The van der Waals surface area contributed by atoms with E-state index in [4.69, 9.17) is 4.42 Å². The van der Waals surface area contributed by atoms with E-state index in [9.17, 15) is 5.11 Å². The van der Waals surface area contributed by atoms with Crippen LogP contribution < -0.4 is 0 Å². The minimum atomic E-state index is -0.687. The lowest BCUT2D eigenvalue weighted by molar-refractivity contribution is 0.150. The number of aliphatic hydroxyl groups is 1. The molecule has 0 aliphatic heterocycles. The second-order valence-corrected chi connectivity index (χ2v) is 5.67. The molecule has 3 aromatic rings. The molecule has 5 heteroatoms. The molecule has 3 rings (SSSR count). The van der Waals surface area contributed by atoms with Crippen molar-refractivity contribution >= 4 is 26.9 Å². The van der Waals surface area contributed by atoms with Crippen LogP contribution in [0.15, 0.2) is 39.2 Å². The van der Waals surface area contributed by atoms with E-state index >= 15 is 0 Å². The zero-order chi connectivity index (χ0) is 14.3. The molecule has 1 N–H and O–H groups in total. The molecule has 0 fully saturated rings. The van der Waals surface area contributed by atoms with Gasteiger partial charge in [0.15, 0.2) is 0 Å². The number of fused-ring (bicyclic) bond motifs is 1. The summed E-state index contributed by atoms with van der Waals surface area (Å²) in [4.78, 5) is 0. The lowest BCUT2D eigenvalue weighted by Crippen LogP contribution is -2.06. The number of halogens is 1. The highest BCUT2D eigenvalue weighted by Gasteiger charge is 2.19. The molecule has 0 amide bonds. The van der Waals surface area contributed by atoms with Gasteiger partial charge in [0.25, 0.3) is 0 Å². The number of aromatic nitrogens is 2. The van der Waals surface area contributed by atoms with Gasteiger partial charge in [0.2, 0.25) is 0 Å². The Balaban J connectivity index is 1.90. The second-order valence-electron chi connectivity index (χ2n) is 4.88. The average Bonchev–Trinajstić information content (AvgIpc) is 2.95. The third kappa shape index (κ3) is 2.27. The van der Waals surface area contributed by atoms with E-state index in [1.165, 1.54) is 0 Å². The molecular weight excluding hydrogens is 320 g/mol. The zero-order valence-electron chi connectivity index (χ0n) is 11.3. The van der Waals surface area contributed by atoms with Gasteiger partial charge < -0.3 is 9.52 Å². The molecule has 0 aliphatic carbocycles. The van der Waals surface area contributed by atoms with Gasteiger partial charge in [-0.05, 0) is 35.0 Å². The minimum Gasteiger partial charge on any atom is -0.458 e. The molecule has 2 aromatic heterocycles. The van der Waals surface area contributed by atoms with Gasteiger partial charge in [-0.25, -0.2) is 0 Å². The normalized spacial score (nSPS) is 13.0. The molecule has 4 nitrogen and oxygen atoms in total. The Bertz CT molecular complexity index is 727. The minimum absolute atomic E-state index is 0.456. The van der Waals surface area contributed by atoms with Crippen LogP contribution in [0.3, 0.4) is 0 Å². The van der Waals surface area contributed by atoms with Crippen molar-refractivity contribution in [2.75, 3.05) is 0 Å². The van der Waals surface area contributed by atoms with E-state index in [-0.39, 0.29) is 0 Å². The molecule has 0 saturated carbocycles. The number of nitrogens with zero attached hydrogens (tertiary/aromatic N) is 2. The largest absolute Gasteiger partial charge is 0.458 e. The molecule has 0 bridgehead atoms. The fourth-order valence-corrected chi connectivity index (χ4v) is 2.85. The van der Waals surface area contributed by atoms with Gasteiger partial charge in [0.1, 0.15) is 17.4 Å². The Morgan fingerprint density at radius 1 is 1.40 bits per heavy atom. The predicted octanol–water partition coefficient (Wildman–Crippen LogP) is 3.51. The standard InChI is InChI=1S/C15H15BrN2O2/c1-9-15(16)11(18(2)17-9)8-12(19)14-7-10-5-3-4-6-13(10)20-14/h3-7,12,19H,8H2,1-2H3. The van der Waals surface area contributed by atoms with Crippen LogP contribution in [0.2, 0.25) is 0 Å². The summed E-state index contributed by atoms with van der Waals surface area (Å²) in [6, 6.07) is 9.63.